The van der Waals surface area contributed by atoms with E-state index in [2.05, 4.69) is 5.32 Å². The summed E-state index contributed by atoms with van der Waals surface area (Å²) >= 11 is 0. The van der Waals surface area contributed by atoms with Crippen LogP contribution >= 0.6 is 0 Å². The lowest BCUT2D eigenvalue weighted by Gasteiger charge is -2.11. The maximum Gasteiger partial charge on any atom is 0.237 e. The fraction of sp³-hybridized carbons (Fsp3) is 0.429. The van der Waals surface area contributed by atoms with Gasteiger partial charge in [-0.2, -0.15) is 0 Å². The van der Waals surface area contributed by atoms with Gasteiger partial charge in [0, 0.05) is 6.42 Å². The molecule has 3 N–H and O–H groups in total. The van der Waals surface area contributed by atoms with E-state index >= 15 is 0 Å². The first-order valence-corrected chi connectivity index (χ1v) is 6.22. The van der Waals surface area contributed by atoms with Crippen molar-refractivity contribution in [1.82, 2.24) is 5.32 Å². The number of carbonyl (C=O) groups excluding carboxylic acids is 2. The molecule has 1 amide bonds. The summed E-state index contributed by atoms with van der Waals surface area (Å²) in [5.41, 5.74) is 6.80. The smallest absolute Gasteiger partial charge is 0.237 e. The Hall–Kier alpha value is -1.68. The number of ketones is 1. The highest BCUT2D eigenvalue weighted by Crippen LogP contribution is 2.01. The lowest BCUT2D eigenvalue weighted by Crippen LogP contribution is -2.43. The van der Waals surface area contributed by atoms with Gasteiger partial charge in [0.2, 0.25) is 5.91 Å². The number of hydrogen-bond acceptors (Lipinski definition) is 3. The standard InChI is InChI=1S/C14H20N2O2/c1-2-6-12(17)10-16-14(18)13(15)9-11-7-4-3-5-8-11/h3-5,7-8,13H,2,6,9-10,15H2,1H3,(H,16,18). The second kappa shape index (κ2) is 7.61. The van der Waals surface area contributed by atoms with Crippen LogP contribution in [0.15, 0.2) is 30.3 Å². The van der Waals surface area contributed by atoms with Crippen LogP contribution in [0.2, 0.25) is 0 Å². The minimum atomic E-state index is -0.609. The average molecular weight is 248 g/mol. The molecule has 0 saturated heterocycles. The lowest BCUT2D eigenvalue weighted by atomic mass is 10.1. The number of carbonyl (C=O) groups is 2. The molecule has 0 spiro atoms. The van der Waals surface area contributed by atoms with Crippen molar-refractivity contribution in [1.29, 1.82) is 0 Å². The second-order valence-corrected chi connectivity index (χ2v) is 4.30. The summed E-state index contributed by atoms with van der Waals surface area (Å²) in [6.45, 7) is 2.01. The van der Waals surface area contributed by atoms with Crippen molar-refractivity contribution in [3.05, 3.63) is 35.9 Å². The fourth-order valence-electron chi connectivity index (χ4n) is 1.64. The number of Topliss-reactive ketones (excluding diaryl/α,β-unsaturated/α-hetero) is 1. The largest absolute Gasteiger partial charge is 0.348 e. The van der Waals surface area contributed by atoms with E-state index in [-0.39, 0.29) is 18.2 Å². The molecule has 0 aliphatic rings. The quantitative estimate of drug-likeness (QED) is 0.757. The number of nitrogens with two attached hydrogens (primary N) is 1. The molecule has 18 heavy (non-hydrogen) atoms. The van der Waals surface area contributed by atoms with Crippen LogP contribution in [0.25, 0.3) is 0 Å². The molecule has 0 saturated carbocycles. The number of benzene rings is 1. The molecule has 98 valence electrons. The highest BCUT2D eigenvalue weighted by molar-refractivity contribution is 5.88. The summed E-state index contributed by atoms with van der Waals surface area (Å²) in [6, 6.07) is 8.97. The van der Waals surface area contributed by atoms with Gasteiger partial charge in [-0.15, -0.1) is 0 Å². The Balaban J connectivity index is 2.35. The Morgan fingerprint density at radius 3 is 2.56 bits per heavy atom. The fourth-order valence-corrected chi connectivity index (χ4v) is 1.64. The van der Waals surface area contributed by atoms with E-state index < -0.39 is 6.04 Å². The summed E-state index contributed by atoms with van der Waals surface area (Å²) in [5.74, 6) is -0.235. The molecule has 0 aliphatic carbocycles. The van der Waals surface area contributed by atoms with Gasteiger partial charge in [-0.1, -0.05) is 37.3 Å². The Bertz CT molecular complexity index is 390. The van der Waals surface area contributed by atoms with Crippen LogP contribution in [0.3, 0.4) is 0 Å². The number of hydrogen-bond donors (Lipinski definition) is 2. The Morgan fingerprint density at radius 2 is 1.94 bits per heavy atom. The van der Waals surface area contributed by atoms with E-state index in [1.165, 1.54) is 0 Å². The summed E-state index contributed by atoms with van der Waals surface area (Å²) in [4.78, 5) is 22.9. The van der Waals surface area contributed by atoms with Gasteiger partial charge in [0.15, 0.2) is 5.78 Å². The molecule has 4 nitrogen and oxygen atoms in total. The number of nitrogens with one attached hydrogen (secondary N) is 1. The predicted molar refractivity (Wildman–Crippen MR) is 71.0 cm³/mol. The summed E-state index contributed by atoms with van der Waals surface area (Å²) in [6.07, 6.45) is 1.77. The molecule has 1 rings (SSSR count). The lowest BCUT2D eigenvalue weighted by molar-refractivity contribution is -0.126. The van der Waals surface area contributed by atoms with E-state index in [9.17, 15) is 9.59 Å². The molecule has 4 heteroatoms. The average Bonchev–Trinajstić information content (AvgIpc) is 2.37. The van der Waals surface area contributed by atoms with Crippen molar-refractivity contribution in [2.24, 2.45) is 5.73 Å². The second-order valence-electron chi connectivity index (χ2n) is 4.30. The van der Waals surface area contributed by atoms with Gasteiger partial charge < -0.3 is 11.1 Å². The Morgan fingerprint density at radius 1 is 1.28 bits per heavy atom. The molecular formula is C14H20N2O2. The SMILES string of the molecule is CCCC(=O)CNC(=O)C(N)Cc1ccccc1. The highest BCUT2D eigenvalue weighted by Gasteiger charge is 2.14. The first-order valence-electron chi connectivity index (χ1n) is 6.22. The summed E-state index contributed by atoms with van der Waals surface area (Å²) in [5, 5.41) is 2.57. The zero-order valence-corrected chi connectivity index (χ0v) is 10.7. The van der Waals surface area contributed by atoms with Crippen molar-refractivity contribution in [2.45, 2.75) is 32.2 Å². The maximum absolute atomic E-state index is 11.7. The highest BCUT2D eigenvalue weighted by atomic mass is 16.2. The van der Waals surface area contributed by atoms with Crippen LogP contribution in [0, 0.1) is 0 Å². The van der Waals surface area contributed by atoms with Crippen molar-refractivity contribution in [2.75, 3.05) is 6.54 Å². The van der Waals surface area contributed by atoms with Gasteiger partial charge in [0.1, 0.15) is 0 Å². The third kappa shape index (κ3) is 5.10. The molecule has 0 radical (unpaired) electrons. The topological polar surface area (TPSA) is 72.2 Å². The van der Waals surface area contributed by atoms with Gasteiger partial charge in [-0.3, -0.25) is 9.59 Å². The van der Waals surface area contributed by atoms with Crippen LogP contribution in [-0.4, -0.2) is 24.3 Å². The van der Waals surface area contributed by atoms with Crippen LogP contribution in [-0.2, 0) is 16.0 Å². The van der Waals surface area contributed by atoms with Crippen LogP contribution in [0.4, 0.5) is 0 Å². The van der Waals surface area contributed by atoms with Gasteiger partial charge in [-0.05, 0) is 18.4 Å². The minimum absolute atomic E-state index is 0.0396. The van der Waals surface area contributed by atoms with Crippen LogP contribution in [0.5, 0.6) is 0 Å². The zero-order valence-electron chi connectivity index (χ0n) is 10.7. The monoisotopic (exact) mass is 248 g/mol. The summed E-state index contributed by atoms with van der Waals surface area (Å²) in [7, 11) is 0. The van der Waals surface area contributed by atoms with Crippen molar-refractivity contribution in [3.8, 4) is 0 Å². The molecule has 0 aromatic heterocycles. The van der Waals surface area contributed by atoms with Crippen molar-refractivity contribution >= 4 is 11.7 Å². The van der Waals surface area contributed by atoms with E-state index in [0.717, 1.165) is 12.0 Å². The van der Waals surface area contributed by atoms with Gasteiger partial charge in [0.05, 0.1) is 12.6 Å². The first kappa shape index (κ1) is 14.4. The third-order valence-electron chi connectivity index (χ3n) is 2.62. The molecule has 1 atom stereocenters. The van der Waals surface area contributed by atoms with Gasteiger partial charge in [-0.25, -0.2) is 0 Å². The molecule has 0 bridgehead atoms. The Kier molecular flexibility index (Phi) is 6.08. The molecule has 1 aromatic carbocycles. The van der Waals surface area contributed by atoms with E-state index in [0.29, 0.717) is 12.8 Å². The molecule has 1 unspecified atom stereocenters. The zero-order chi connectivity index (χ0) is 13.4. The van der Waals surface area contributed by atoms with Crippen molar-refractivity contribution < 1.29 is 9.59 Å². The molecule has 0 heterocycles. The normalized spacial score (nSPS) is 11.9. The minimum Gasteiger partial charge on any atom is -0.348 e. The molecular weight excluding hydrogens is 228 g/mol. The van der Waals surface area contributed by atoms with E-state index in [1.54, 1.807) is 0 Å². The van der Waals surface area contributed by atoms with Crippen LogP contribution < -0.4 is 11.1 Å². The third-order valence-corrected chi connectivity index (χ3v) is 2.62. The van der Waals surface area contributed by atoms with Crippen LogP contribution in [0.1, 0.15) is 25.3 Å². The van der Waals surface area contributed by atoms with Crippen molar-refractivity contribution in [3.63, 3.8) is 0 Å². The molecule has 0 fully saturated rings. The Labute approximate surface area is 108 Å². The summed E-state index contributed by atoms with van der Waals surface area (Å²) < 4.78 is 0. The molecule has 1 aromatic rings. The maximum atomic E-state index is 11.7. The first-order chi connectivity index (χ1) is 8.63. The van der Waals surface area contributed by atoms with E-state index in [1.807, 2.05) is 37.3 Å². The predicted octanol–water partition coefficient (Wildman–Crippen LogP) is 1.04. The molecule has 0 aliphatic heterocycles. The van der Waals surface area contributed by atoms with Gasteiger partial charge >= 0.3 is 0 Å². The van der Waals surface area contributed by atoms with E-state index in [4.69, 9.17) is 5.73 Å². The number of rotatable bonds is 7. The van der Waals surface area contributed by atoms with Gasteiger partial charge in [0.25, 0.3) is 0 Å². The number of amides is 1.